The topological polar surface area (TPSA) is 858 Å². The first kappa shape index (κ1) is 97.3. The summed E-state index contributed by atoms with van der Waals surface area (Å²) < 4.78 is 0. The van der Waals surface area contributed by atoms with Crippen LogP contribution in [0.15, 0.2) is 116 Å². The normalized spacial score (nSPS) is 15.3. The van der Waals surface area contributed by atoms with Crippen LogP contribution in [-0.2, 0) is 38.4 Å². The van der Waals surface area contributed by atoms with Gasteiger partial charge in [0, 0.05) is 121 Å². The van der Waals surface area contributed by atoms with Crippen LogP contribution in [0.4, 0.5) is 92.6 Å². The van der Waals surface area contributed by atoms with Crippen LogP contribution in [-0.4, -0.2) is 232 Å². The third-order valence-corrected chi connectivity index (χ3v) is 19.0. The minimum atomic E-state index is -1.39. The minimum Gasteiger partial charge on any atom is -0.550 e. The molecule has 0 saturated heterocycles. The Morgan fingerprint density at radius 2 is 0.504 bits per heavy atom. The molecule has 0 bridgehead atoms. The number of benzene rings is 4. The van der Waals surface area contributed by atoms with E-state index >= 15 is 0 Å². The molecule has 52 heteroatoms. The molecule has 8 aromatic rings. The molecule has 680 valence electrons. The first-order chi connectivity index (χ1) is 60.9. The number of anilines is 16. The minimum absolute atomic E-state index is 0. The quantitative estimate of drug-likeness (QED) is 0.0174. The van der Waals surface area contributed by atoms with E-state index in [4.69, 9.17) is 43.4 Å². The van der Waals surface area contributed by atoms with Crippen molar-refractivity contribution in [1.82, 2.24) is 61.1 Å². The van der Waals surface area contributed by atoms with Gasteiger partial charge in [0.2, 0.25) is 23.8 Å². The Bertz CT molecular complexity index is 4960. The van der Waals surface area contributed by atoms with Crippen LogP contribution in [0.5, 0.6) is 0 Å². The molecule has 12 rings (SSSR count). The first-order valence-electron chi connectivity index (χ1n) is 38.8. The summed E-state index contributed by atoms with van der Waals surface area (Å²) in [4.78, 5) is 210. The fourth-order valence-electron chi connectivity index (χ4n) is 12.4. The molecule has 0 spiro atoms. The predicted octanol–water partition coefficient (Wildman–Crippen LogP) is -6.39. The van der Waals surface area contributed by atoms with Crippen LogP contribution in [0.3, 0.4) is 0 Å². The average molecular weight is 1790 g/mol. The number of aliphatic carboxylic acids is 8. The van der Waals surface area contributed by atoms with E-state index in [0.717, 1.165) is 0 Å². The van der Waals surface area contributed by atoms with Gasteiger partial charge in [0.15, 0.2) is 23.3 Å². The van der Waals surface area contributed by atoms with E-state index in [0.29, 0.717) is 121 Å². The molecule has 8 heterocycles. The number of nitrogens with zero attached hydrogens (tertiary/aromatic N) is 4. The van der Waals surface area contributed by atoms with Crippen LogP contribution in [0.2, 0.25) is 0 Å². The van der Waals surface area contributed by atoms with Gasteiger partial charge in [-0.3, -0.25) is 58.3 Å². The van der Waals surface area contributed by atoms with E-state index < -0.39 is 121 Å². The van der Waals surface area contributed by atoms with Gasteiger partial charge in [0.25, 0.3) is 45.9 Å². The summed E-state index contributed by atoms with van der Waals surface area (Å²) in [6.07, 6.45) is -3.04. The number of H-pyrrole nitrogens is 4. The van der Waals surface area contributed by atoms with E-state index in [1.807, 2.05) is 0 Å². The number of hydrogen-bond donors (Lipinski definition) is 28. The number of nitrogens with one attached hydrogen (secondary N) is 20. The van der Waals surface area contributed by atoms with E-state index in [9.17, 15) is 97.1 Å². The Morgan fingerprint density at radius 1 is 0.326 bits per heavy atom. The number of amides is 4. The summed E-state index contributed by atoms with van der Waals surface area (Å²) in [6, 6.07) is 19.4. The first-order valence-corrected chi connectivity index (χ1v) is 38.8. The molecule has 0 fully saturated rings. The largest absolute Gasteiger partial charge is 4.00 e. The number of aromatic amines is 4. The second-order valence-electron chi connectivity index (χ2n) is 28.5. The zero-order chi connectivity index (χ0) is 93.0. The number of fused-ring (bicyclic) bond motifs is 4. The van der Waals surface area contributed by atoms with Gasteiger partial charge >= 0.3 is 31.3 Å². The van der Waals surface area contributed by atoms with Crippen molar-refractivity contribution in [3.05, 3.63) is 168 Å². The second kappa shape index (κ2) is 45.8. The molecular formula is C77H88N28O24. The van der Waals surface area contributed by atoms with Crippen LogP contribution < -0.4 is 151 Å². The smallest absolute Gasteiger partial charge is 0.550 e. The maximum absolute atomic E-state index is 12.3. The molecule has 4 unspecified atom stereocenters. The number of hydrogen-bond acceptors (Lipinski definition) is 40. The van der Waals surface area contributed by atoms with Gasteiger partial charge in [-0.1, -0.05) is 0 Å². The van der Waals surface area contributed by atoms with Gasteiger partial charge in [0.05, 0.1) is 24.2 Å². The fourth-order valence-corrected chi connectivity index (χ4v) is 12.4. The Morgan fingerprint density at radius 3 is 0.667 bits per heavy atom. The van der Waals surface area contributed by atoms with Crippen LogP contribution >= 0.6 is 0 Å². The summed E-state index contributed by atoms with van der Waals surface area (Å²) in [6.45, 7) is 3.80. The number of carboxylic acid groups (broad SMARTS) is 8. The van der Waals surface area contributed by atoms with Crippen molar-refractivity contribution in [2.45, 2.75) is 99.7 Å². The summed E-state index contributed by atoms with van der Waals surface area (Å²) in [7, 11) is 0. The summed E-state index contributed by atoms with van der Waals surface area (Å²) in [5, 5.41) is 125. The van der Waals surface area contributed by atoms with Gasteiger partial charge in [-0.15, -0.1) is 0 Å². The zero-order valence-electron chi connectivity index (χ0n) is 67.7. The summed E-state index contributed by atoms with van der Waals surface area (Å²) in [5.41, 5.74) is 25.5. The van der Waals surface area contributed by atoms with Crippen LogP contribution in [0.1, 0.15) is 92.8 Å². The molecule has 129 heavy (non-hydrogen) atoms. The molecule has 4 aromatic carbocycles. The van der Waals surface area contributed by atoms with Crippen molar-refractivity contribution in [2.75, 3.05) is 139 Å². The fraction of sp³-hybridized carbons (Fsp3) is 0.312. The van der Waals surface area contributed by atoms with Crippen molar-refractivity contribution in [2.24, 2.45) is 0 Å². The number of nitrogens with two attached hydrogens (primary N) is 4. The summed E-state index contributed by atoms with van der Waals surface area (Å²) >= 11 is 0. The average Bonchev–Trinajstić information content (AvgIpc) is 0.819. The zero-order valence-corrected chi connectivity index (χ0v) is 67.7. The van der Waals surface area contributed by atoms with Gasteiger partial charge in [-0.2, -0.15) is 19.9 Å². The van der Waals surface area contributed by atoms with Crippen molar-refractivity contribution in [1.29, 1.82) is 0 Å². The van der Waals surface area contributed by atoms with Gasteiger partial charge in [0.1, 0.15) is 46.9 Å². The van der Waals surface area contributed by atoms with Crippen molar-refractivity contribution < 1.29 is 98.4 Å². The van der Waals surface area contributed by atoms with Crippen molar-refractivity contribution in [3.63, 3.8) is 0 Å². The van der Waals surface area contributed by atoms with E-state index in [1.54, 1.807) is 48.5 Å². The van der Waals surface area contributed by atoms with Gasteiger partial charge < -0.3 is 168 Å². The molecule has 52 nitrogen and oxygen atoms in total. The number of carbonyl (C=O) groups is 12. The Hall–Kier alpha value is -17.2. The molecule has 8 atom stereocenters. The third-order valence-electron chi connectivity index (χ3n) is 19.0. The Kier molecular flexibility index (Phi) is 34.6. The molecule has 4 aromatic heterocycles. The molecular weight excluding hydrogens is 1700 g/mol. The Balaban J connectivity index is 0.000000212. The number of carboxylic acids is 8. The standard InChI is InChI=1S/4C19H23N7O6.C/c4*20-19-25-15-14(17(30)26-19)23-11(8-22-15)7-21-10-3-1-9(2-4-10)16(29)24-12(18(31)32)5-6-13(27)28;/h4*1-4,11-12,21,23H,5-8H2,(H,24,29)(H,27,28)(H,31,32)(H4,20,22,25,26,30);/q;;;;+4/p-4/t4*11?,12-;/m0000./s1. The molecule has 0 aliphatic carbocycles. The summed E-state index contributed by atoms with van der Waals surface area (Å²) in [5.74, 6) is -11.8. The SMILES string of the molecule is Nc1nc2c(c(=O)[nH]1)NC(CNc1ccc(C(=O)N[C@@H](CCC(=O)[O-])C(=O)O)cc1)CN2.Nc1nc2c(c(=O)[nH]1)NC(CNc1ccc(C(=O)N[C@@H](CCC(=O)[O-])C(=O)O)cc1)CN2.Nc1nc2c(c(=O)[nH]1)NC(CNc1ccc(C(=O)N[C@@H](CCC(=O)[O-])C(=O)O)cc1)CN2.Nc1nc2c(c(=O)[nH]1)NC(CNc1ccc(C(=O)N[C@@H](CCC(=O)[O-])C(=O)O)cc1)CN2.[C+4]. The molecule has 0 saturated carbocycles. The molecule has 0 radical (unpaired) electrons. The number of carbonyl (C=O) groups excluding carboxylic acids is 8. The van der Waals surface area contributed by atoms with Gasteiger partial charge in [-0.25, -0.2) is 19.2 Å². The number of aromatic nitrogens is 8. The molecule has 4 amide bonds. The van der Waals surface area contributed by atoms with E-state index in [1.165, 1.54) is 48.5 Å². The van der Waals surface area contributed by atoms with Crippen molar-refractivity contribution in [3.8, 4) is 0 Å². The van der Waals surface area contributed by atoms with Crippen LogP contribution in [0, 0.1) is 7.43 Å². The molecule has 32 N–H and O–H groups in total. The van der Waals surface area contributed by atoms with E-state index in [2.05, 4.69) is 125 Å². The van der Waals surface area contributed by atoms with Gasteiger partial charge in [-0.05, 0) is 148 Å². The third kappa shape index (κ3) is 29.5. The van der Waals surface area contributed by atoms with Crippen LogP contribution in [0.25, 0.3) is 0 Å². The second-order valence-corrected chi connectivity index (χ2v) is 28.5. The maximum atomic E-state index is 12.3. The number of nitrogen functional groups attached to an aromatic ring is 4. The molecule has 4 aliphatic heterocycles. The predicted molar refractivity (Wildman–Crippen MR) is 456 cm³/mol. The number of rotatable bonds is 36. The monoisotopic (exact) mass is 1790 g/mol. The molecule has 4 aliphatic rings. The Labute approximate surface area is 727 Å². The maximum Gasteiger partial charge on any atom is 4.00 e. The van der Waals surface area contributed by atoms with Crippen molar-refractivity contribution >= 4 is 164 Å². The van der Waals surface area contributed by atoms with E-state index in [-0.39, 0.29) is 126 Å².